The summed E-state index contributed by atoms with van der Waals surface area (Å²) in [6.07, 6.45) is 2.07. The lowest BCUT2D eigenvalue weighted by molar-refractivity contribution is 0.938. The van der Waals surface area contributed by atoms with Gasteiger partial charge in [-0.25, -0.2) is 0 Å². The average molecular weight is 281 g/mol. The van der Waals surface area contributed by atoms with Gasteiger partial charge in [0, 0.05) is 0 Å². The Labute approximate surface area is 129 Å². The highest BCUT2D eigenvalue weighted by Crippen LogP contribution is 2.24. The molecule has 0 aliphatic carbocycles. The van der Waals surface area contributed by atoms with E-state index in [-0.39, 0.29) is 0 Å². The van der Waals surface area contributed by atoms with Gasteiger partial charge in [0.1, 0.15) is 0 Å². The molecule has 0 unspecified atom stereocenters. The van der Waals surface area contributed by atoms with Crippen molar-refractivity contribution in [3.63, 3.8) is 0 Å². The van der Waals surface area contributed by atoms with Gasteiger partial charge in [0.2, 0.25) is 0 Å². The largest absolute Gasteiger partial charge is 0.264 e. The molecule has 0 N–H and O–H groups in total. The van der Waals surface area contributed by atoms with Crippen molar-refractivity contribution in [1.82, 2.24) is 0 Å². The maximum absolute atomic E-state index is 4.13. The predicted molar refractivity (Wildman–Crippen MR) is 95.1 cm³/mol. The second-order valence-corrected chi connectivity index (χ2v) is 5.16. The lowest BCUT2D eigenvalue weighted by atomic mass is 9.96. The van der Waals surface area contributed by atoms with E-state index in [9.17, 15) is 0 Å². The Kier molecular flexibility index (Phi) is 6.87. The number of hydrogen-bond acceptors (Lipinski definition) is 1. The van der Waals surface area contributed by atoms with Crippen molar-refractivity contribution in [2.75, 3.05) is 0 Å². The summed E-state index contributed by atoms with van der Waals surface area (Å²) >= 11 is 0. The summed E-state index contributed by atoms with van der Waals surface area (Å²) in [5.41, 5.74) is 7.76. The monoisotopic (exact) mass is 281 g/mol. The molecule has 0 saturated carbocycles. The summed E-state index contributed by atoms with van der Waals surface area (Å²) in [6, 6.07) is 12.9. The Balaban J connectivity index is 0.00000106. The minimum atomic E-state index is 1.02. The average Bonchev–Trinajstić information content (AvgIpc) is 2.49. The van der Waals surface area contributed by atoms with Crippen LogP contribution in [0.4, 0.5) is 5.69 Å². The highest BCUT2D eigenvalue weighted by atomic mass is 14.7. The first kappa shape index (κ1) is 17.2. The molecule has 21 heavy (non-hydrogen) atoms. The number of aryl methyl sites for hydroxylation is 4. The Morgan fingerprint density at radius 2 is 1.62 bits per heavy atom. The van der Waals surface area contributed by atoms with Crippen molar-refractivity contribution in [3.8, 4) is 0 Å². The molecule has 0 fully saturated rings. The van der Waals surface area contributed by atoms with Gasteiger partial charge in [0.05, 0.1) is 5.69 Å². The van der Waals surface area contributed by atoms with Crippen molar-refractivity contribution >= 4 is 12.4 Å². The third-order valence-electron chi connectivity index (χ3n) is 3.70. The molecule has 0 aliphatic rings. The van der Waals surface area contributed by atoms with Crippen molar-refractivity contribution in [2.45, 2.75) is 47.5 Å². The molecule has 0 amide bonds. The van der Waals surface area contributed by atoms with E-state index in [1.807, 2.05) is 26.0 Å². The van der Waals surface area contributed by atoms with Gasteiger partial charge in [-0.15, -0.1) is 0 Å². The summed E-state index contributed by atoms with van der Waals surface area (Å²) in [5, 5.41) is 0. The van der Waals surface area contributed by atoms with E-state index < -0.39 is 0 Å². The molecule has 0 spiro atoms. The third kappa shape index (κ3) is 4.56. The molecule has 112 valence electrons. The van der Waals surface area contributed by atoms with Gasteiger partial charge in [0.25, 0.3) is 0 Å². The molecular weight excluding hydrogens is 254 g/mol. The minimum Gasteiger partial charge on any atom is -0.264 e. The Bertz CT molecular complexity index is 597. The zero-order chi connectivity index (χ0) is 15.8. The summed E-state index contributed by atoms with van der Waals surface area (Å²) in [6.45, 7) is 14.1. The summed E-state index contributed by atoms with van der Waals surface area (Å²) in [7, 11) is 0. The van der Waals surface area contributed by atoms with Crippen molar-refractivity contribution in [2.24, 2.45) is 4.99 Å². The van der Waals surface area contributed by atoms with Crippen LogP contribution in [0.5, 0.6) is 0 Å². The van der Waals surface area contributed by atoms with Gasteiger partial charge in [-0.3, -0.25) is 4.99 Å². The van der Waals surface area contributed by atoms with Crippen LogP contribution in [0, 0.1) is 20.8 Å². The second-order valence-electron chi connectivity index (χ2n) is 5.16. The van der Waals surface area contributed by atoms with Crippen LogP contribution < -0.4 is 0 Å². The van der Waals surface area contributed by atoms with Crippen LogP contribution in [0.3, 0.4) is 0 Å². The molecule has 0 heterocycles. The number of hydrogen-bond donors (Lipinski definition) is 0. The molecule has 0 radical (unpaired) electrons. The smallest absolute Gasteiger partial charge is 0.0657 e. The van der Waals surface area contributed by atoms with Crippen LogP contribution in [0.15, 0.2) is 41.4 Å². The van der Waals surface area contributed by atoms with E-state index in [1.165, 1.54) is 27.8 Å². The quantitative estimate of drug-likeness (QED) is 0.632. The molecule has 0 aliphatic heterocycles. The Morgan fingerprint density at radius 1 is 0.905 bits per heavy atom. The van der Waals surface area contributed by atoms with Gasteiger partial charge in [-0.2, -0.15) is 0 Å². The lowest BCUT2D eigenvalue weighted by Gasteiger charge is -2.11. The first-order chi connectivity index (χ1) is 10.1. The predicted octanol–water partition coefficient (Wildman–Crippen LogP) is 5.76. The summed E-state index contributed by atoms with van der Waals surface area (Å²) < 4.78 is 0. The van der Waals surface area contributed by atoms with Crippen LogP contribution >= 0.6 is 0 Å². The standard InChI is InChI=1S/C18H21N.C2H6/c1-13-8-9-16(15(3)12-13)10-11-17-14(2)6-5-7-18(17)19-4;1-2/h5-9,12H,4,10-11H2,1-3H3;1-2H3. The van der Waals surface area contributed by atoms with Gasteiger partial charge >= 0.3 is 0 Å². The van der Waals surface area contributed by atoms with E-state index in [4.69, 9.17) is 0 Å². The first-order valence-electron chi connectivity index (χ1n) is 7.73. The fourth-order valence-corrected chi connectivity index (χ4v) is 2.55. The zero-order valence-electron chi connectivity index (χ0n) is 14.0. The van der Waals surface area contributed by atoms with E-state index in [0.717, 1.165) is 18.5 Å². The molecule has 0 bridgehead atoms. The second kappa shape index (κ2) is 8.41. The van der Waals surface area contributed by atoms with Crippen LogP contribution in [0.25, 0.3) is 0 Å². The van der Waals surface area contributed by atoms with Crippen LogP contribution in [0.1, 0.15) is 41.7 Å². The zero-order valence-corrected chi connectivity index (χ0v) is 14.0. The topological polar surface area (TPSA) is 12.4 Å². The first-order valence-corrected chi connectivity index (χ1v) is 7.73. The van der Waals surface area contributed by atoms with Crippen molar-refractivity contribution in [3.05, 3.63) is 64.2 Å². The van der Waals surface area contributed by atoms with Crippen LogP contribution in [0.2, 0.25) is 0 Å². The number of aliphatic imine (C=N–C) groups is 1. The van der Waals surface area contributed by atoms with Crippen molar-refractivity contribution in [1.29, 1.82) is 0 Å². The highest BCUT2D eigenvalue weighted by Gasteiger charge is 2.06. The summed E-state index contributed by atoms with van der Waals surface area (Å²) in [4.78, 5) is 4.13. The molecule has 0 atom stereocenters. The molecule has 1 nitrogen and oxygen atoms in total. The Morgan fingerprint density at radius 3 is 2.24 bits per heavy atom. The lowest BCUT2D eigenvalue weighted by Crippen LogP contribution is -1.97. The van der Waals surface area contributed by atoms with Crippen LogP contribution in [-0.4, -0.2) is 6.72 Å². The fraction of sp³-hybridized carbons (Fsp3) is 0.350. The SMILES string of the molecule is C=Nc1cccc(C)c1CCc1ccc(C)cc1C.CC. The number of rotatable bonds is 4. The van der Waals surface area contributed by atoms with Gasteiger partial charge in [-0.05, 0) is 68.7 Å². The van der Waals surface area contributed by atoms with Crippen LogP contribution in [-0.2, 0) is 12.8 Å². The van der Waals surface area contributed by atoms with E-state index in [2.05, 4.69) is 56.7 Å². The summed E-state index contributed by atoms with van der Waals surface area (Å²) in [5.74, 6) is 0. The van der Waals surface area contributed by atoms with E-state index >= 15 is 0 Å². The normalized spacial score (nSPS) is 9.76. The molecular formula is C20H27N. The third-order valence-corrected chi connectivity index (χ3v) is 3.70. The molecule has 2 rings (SSSR count). The van der Waals surface area contributed by atoms with E-state index in [0.29, 0.717) is 0 Å². The van der Waals surface area contributed by atoms with Gasteiger partial charge < -0.3 is 0 Å². The maximum Gasteiger partial charge on any atom is 0.0657 e. The van der Waals surface area contributed by atoms with Crippen molar-refractivity contribution < 1.29 is 0 Å². The fourth-order valence-electron chi connectivity index (χ4n) is 2.55. The molecule has 1 heteroatoms. The molecule has 0 aromatic heterocycles. The maximum atomic E-state index is 4.13. The number of nitrogens with zero attached hydrogens (tertiary/aromatic N) is 1. The van der Waals surface area contributed by atoms with E-state index in [1.54, 1.807) is 0 Å². The Hall–Kier alpha value is -1.89. The van der Waals surface area contributed by atoms with Gasteiger partial charge in [-0.1, -0.05) is 49.7 Å². The molecule has 2 aromatic carbocycles. The molecule has 0 saturated heterocycles. The van der Waals surface area contributed by atoms with Gasteiger partial charge in [0.15, 0.2) is 0 Å². The highest BCUT2D eigenvalue weighted by molar-refractivity contribution is 5.54. The minimum absolute atomic E-state index is 1.02. The number of benzene rings is 2. The molecule has 2 aromatic rings.